The van der Waals surface area contributed by atoms with Gasteiger partial charge in [0.1, 0.15) is 15.7 Å². The molecule has 0 bridgehead atoms. The molecule has 1 atom stereocenters. The monoisotopic (exact) mass is 320 g/mol. The molecule has 3 nitrogen and oxygen atoms in total. The summed E-state index contributed by atoms with van der Waals surface area (Å²) in [6, 6.07) is 5.83. The van der Waals surface area contributed by atoms with Gasteiger partial charge in [0.05, 0.1) is 37.3 Å². The Balaban J connectivity index is 2.48. The van der Waals surface area contributed by atoms with Gasteiger partial charge in [-0.15, -0.1) is 0 Å². The number of primary amides is 1. The molecule has 0 spiro atoms. The Hall–Kier alpha value is -1.09. The standard InChI is InChI=1S/C13H19B6ClN2O/c14-11(15)7-5-3-4(20)1-2-6(5)22-9(7)8(10(21)23)12(16,17)13(11,18)19/h1-3,8,22H,14-19H2,(H2,21,23). The van der Waals surface area contributed by atoms with Crippen molar-refractivity contribution in [3.8, 4) is 0 Å². The van der Waals surface area contributed by atoms with E-state index in [9.17, 15) is 4.79 Å². The van der Waals surface area contributed by atoms with E-state index in [1.54, 1.807) is 0 Å². The van der Waals surface area contributed by atoms with Gasteiger partial charge in [-0.2, -0.15) is 0 Å². The molecule has 0 saturated carbocycles. The number of nitrogens with one attached hydrogen (secondary N) is 1. The van der Waals surface area contributed by atoms with Crippen LogP contribution in [0.15, 0.2) is 18.2 Å². The molecule has 23 heavy (non-hydrogen) atoms. The van der Waals surface area contributed by atoms with Crippen LogP contribution in [0.3, 0.4) is 0 Å². The van der Waals surface area contributed by atoms with Crippen LogP contribution < -0.4 is 5.73 Å². The van der Waals surface area contributed by atoms with Gasteiger partial charge in [0.15, 0.2) is 0 Å². The molecule has 10 heteroatoms. The van der Waals surface area contributed by atoms with E-state index in [-0.39, 0.29) is 27.5 Å². The van der Waals surface area contributed by atoms with E-state index < -0.39 is 0 Å². The number of nitrogens with two attached hydrogens (primary N) is 1. The van der Waals surface area contributed by atoms with Gasteiger partial charge >= 0.3 is 0 Å². The lowest BCUT2D eigenvalue weighted by molar-refractivity contribution is -0.120. The first-order valence-electron chi connectivity index (χ1n) is 8.04. The third-order valence-electron chi connectivity index (χ3n) is 6.88. The molecule has 1 aliphatic carbocycles. The fraction of sp³-hybridized carbons (Fsp3) is 0.308. The Kier molecular flexibility index (Phi) is 3.44. The van der Waals surface area contributed by atoms with Crippen LogP contribution in [-0.2, 0) is 10.0 Å². The Morgan fingerprint density at radius 2 is 1.78 bits per heavy atom. The number of hydrogen-bond donors (Lipinski definition) is 2. The number of aromatic amines is 1. The van der Waals surface area contributed by atoms with Crippen molar-refractivity contribution in [2.45, 2.75) is 21.6 Å². The van der Waals surface area contributed by atoms with Crippen LogP contribution >= 0.6 is 11.6 Å². The van der Waals surface area contributed by atoms with E-state index in [0.717, 1.165) is 16.6 Å². The van der Waals surface area contributed by atoms with Crippen molar-refractivity contribution in [2.75, 3.05) is 0 Å². The van der Waals surface area contributed by atoms with Gasteiger partial charge in [-0.05, 0) is 23.8 Å². The van der Waals surface area contributed by atoms with Gasteiger partial charge in [0.2, 0.25) is 5.91 Å². The molecule has 0 radical (unpaired) electrons. The van der Waals surface area contributed by atoms with E-state index >= 15 is 0 Å². The van der Waals surface area contributed by atoms with E-state index in [4.69, 9.17) is 17.3 Å². The average Bonchev–Trinajstić information content (AvgIpc) is 2.74. The van der Waals surface area contributed by atoms with Crippen LogP contribution in [-0.4, -0.2) is 58.0 Å². The minimum absolute atomic E-state index is 0.135. The number of H-pyrrole nitrogens is 1. The zero-order valence-corrected chi connectivity index (χ0v) is 15.4. The Morgan fingerprint density at radius 1 is 1.17 bits per heavy atom. The number of halogens is 1. The predicted molar refractivity (Wildman–Crippen MR) is 114 cm³/mol. The molecule has 3 N–H and O–H groups in total. The summed E-state index contributed by atoms with van der Waals surface area (Å²) in [5, 5.41) is 1.24. The summed E-state index contributed by atoms with van der Waals surface area (Å²) >= 11 is 6.23. The number of carbonyl (C=O) groups excluding carboxylic acids is 1. The molecular formula is C13H19B6ClN2O. The first-order valence-corrected chi connectivity index (χ1v) is 8.41. The van der Waals surface area contributed by atoms with Crippen LogP contribution in [0.5, 0.6) is 0 Å². The number of benzene rings is 1. The van der Waals surface area contributed by atoms with Gasteiger partial charge in [0.25, 0.3) is 0 Å². The molecule has 0 aliphatic heterocycles. The molecule has 0 fully saturated rings. The molecule has 112 valence electrons. The topological polar surface area (TPSA) is 58.9 Å². The highest BCUT2D eigenvalue weighted by molar-refractivity contribution is 6.63. The summed E-state index contributed by atoms with van der Waals surface area (Å²) < 4.78 is 0. The number of carbonyl (C=O) groups is 1. The molecule has 1 unspecified atom stereocenters. The van der Waals surface area contributed by atoms with Gasteiger partial charge in [-0.25, -0.2) is 0 Å². The number of rotatable bonds is 1. The fourth-order valence-corrected chi connectivity index (χ4v) is 4.58. The lowest BCUT2D eigenvalue weighted by Crippen LogP contribution is -2.58. The maximum atomic E-state index is 12.4. The largest absolute Gasteiger partial charge is 0.369 e. The van der Waals surface area contributed by atoms with Crippen LogP contribution in [0.4, 0.5) is 0 Å². The first kappa shape index (κ1) is 16.8. The number of hydrogen-bond acceptors (Lipinski definition) is 1. The minimum atomic E-state index is -0.355. The SMILES string of the molecule is BC1(B)c2c([nH]c3ccc(Cl)cc23)C(C(N)=O)C(B)(B)C1(B)B. The quantitative estimate of drug-likeness (QED) is 0.529. The second-order valence-electron chi connectivity index (χ2n) is 8.41. The summed E-state index contributed by atoms with van der Waals surface area (Å²) in [6.45, 7) is 0. The lowest BCUT2D eigenvalue weighted by atomic mass is 9.13. The average molecular weight is 320 g/mol. The second-order valence-corrected chi connectivity index (χ2v) is 8.85. The maximum absolute atomic E-state index is 12.4. The molecule has 1 heterocycles. The third kappa shape index (κ3) is 1.95. The Bertz CT molecular complexity index is 831. The molecular weight excluding hydrogens is 300 g/mol. The lowest BCUT2D eigenvalue weighted by Gasteiger charge is -2.60. The first-order chi connectivity index (χ1) is 10.4. The van der Waals surface area contributed by atoms with Crippen LogP contribution in [0.1, 0.15) is 17.2 Å². The maximum Gasteiger partial charge on any atom is 0.225 e. The van der Waals surface area contributed by atoms with Gasteiger partial charge < -0.3 is 10.7 Å². The molecule has 2 aromatic rings. The van der Waals surface area contributed by atoms with Crippen LogP contribution in [0, 0.1) is 0 Å². The molecule has 1 aromatic carbocycles. The summed E-state index contributed by atoms with van der Waals surface area (Å²) in [5.41, 5.74) is 8.96. The van der Waals surface area contributed by atoms with E-state index in [1.165, 1.54) is 5.56 Å². The highest BCUT2D eigenvalue weighted by Gasteiger charge is 2.58. The highest BCUT2D eigenvalue weighted by atomic mass is 35.5. The van der Waals surface area contributed by atoms with Crippen molar-refractivity contribution in [3.05, 3.63) is 34.5 Å². The van der Waals surface area contributed by atoms with Gasteiger partial charge in [0, 0.05) is 21.6 Å². The van der Waals surface area contributed by atoms with Crippen molar-refractivity contribution in [1.29, 1.82) is 0 Å². The smallest absolute Gasteiger partial charge is 0.225 e. The molecule has 1 amide bonds. The summed E-state index contributed by atoms with van der Waals surface area (Å²) in [4.78, 5) is 15.8. The molecule has 1 aliphatic rings. The summed E-state index contributed by atoms with van der Waals surface area (Å²) in [6.07, 6.45) is 0. The van der Waals surface area contributed by atoms with Crippen LogP contribution in [0.25, 0.3) is 10.9 Å². The number of amides is 1. The van der Waals surface area contributed by atoms with Crippen molar-refractivity contribution >= 4 is 75.5 Å². The van der Waals surface area contributed by atoms with Gasteiger partial charge in [-0.1, -0.05) is 27.2 Å². The van der Waals surface area contributed by atoms with Gasteiger partial charge in [-0.3, -0.25) is 4.79 Å². The van der Waals surface area contributed by atoms with E-state index in [2.05, 4.69) is 52.1 Å². The minimum Gasteiger partial charge on any atom is -0.369 e. The molecule has 1 aromatic heterocycles. The highest BCUT2D eigenvalue weighted by Crippen LogP contribution is 2.65. The molecule has 3 rings (SSSR count). The predicted octanol–water partition coefficient (Wildman–Crippen LogP) is -3.41. The summed E-state index contributed by atoms with van der Waals surface area (Å²) in [5.74, 6) is -0.635. The van der Waals surface area contributed by atoms with Crippen LogP contribution in [0.2, 0.25) is 15.5 Å². The Morgan fingerprint density at radius 3 is 2.35 bits per heavy atom. The van der Waals surface area contributed by atoms with Crippen molar-refractivity contribution in [2.24, 2.45) is 5.73 Å². The number of aromatic nitrogens is 1. The van der Waals surface area contributed by atoms with E-state index in [0.29, 0.717) is 5.02 Å². The fourth-order valence-electron chi connectivity index (χ4n) is 4.41. The van der Waals surface area contributed by atoms with Crippen molar-refractivity contribution < 1.29 is 4.79 Å². The van der Waals surface area contributed by atoms with Crippen molar-refractivity contribution in [1.82, 2.24) is 4.98 Å². The second kappa shape index (κ2) is 4.72. The third-order valence-corrected chi connectivity index (χ3v) is 7.12. The van der Waals surface area contributed by atoms with E-state index in [1.807, 2.05) is 18.2 Å². The zero-order chi connectivity index (χ0) is 17.4. The van der Waals surface area contributed by atoms with Crippen molar-refractivity contribution in [3.63, 3.8) is 0 Å². The Labute approximate surface area is 147 Å². The number of fused-ring (bicyclic) bond motifs is 3. The molecule has 0 saturated heterocycles. The normalized spacial score (nSPS) is 24.1. The summed E-state index contributed by atoms with van der Waals surface area (Å²) in [7, 11) is 13.2. The zero-order valence-electron chi connectivity index (χ0n) is 14.7.